The third kappa shape index (κ3) is 4.35. The van der Waals surface area contributed by atoms with Crippen LogP contribution in [0.1, 0.15) is 61.7 Å². The summed E-state index contributed by atoms with van der Waals surface area (Å²) in [4.78, 5) is 14.9. The molecule has 1 aromatic carbocycles. The lowest BCUT2D eigenvalue weighted by Gasteiger charge is -2.26. The Morgan fingerprint density at radius 2 is 1.89 bits per heavy atom. The number of hydrogen-bond donors (Lipinski definition) is 1. The topological polar surface area (TPSA) is 54.7 Å². The van der Waals surface area contributed by atoms with Crippen molar-refractivity contribution in [2.45, 2.75) is 57.9 Å². The van der Waals surface area contributed by atoms with Gasteiger partial charge in [0.2, 0.25) is 0 Å². The number of aryl methyl sites for hydroxylation is 1. The number of aromatic nitrogens is 1. The fraction of sp³-hybridized carbons (Fsp3) is 0.609. The van der Waals surface area contributed by atoms with Crippen LogP contribution in [-0.4, -0.2) is 46.8 Å². The van der Waals surface area contributed by atoms with Gasteiger partial charge >= 0.3 is 0 Å². The molecule has 5 heteroatoms. The number of carbonyl (C=O) groups excluding carboxylic acids is 1. The maximum atomic E-state index is 13.0. The number of hydrogen-bond acceptors (Lipinski definition) is 3. The van der Waals surface area contributed by atoms with Crippen LogP contribution in [0.4, 0.5) is 0 Å². The first-order valence-corrected chi connectivity index (χ1v) is 10.9. The number of amides is 1. The van der Waals surface area contributed by atoms with Crippen molar-refractivity contribution in [1.29, 1.82) is 0 Å². The lowest BCUT2D eigenvalue weighted by atomic mass is 9.86. The van der Waals surface area contributed by atoms with Gasteiger partial charge < -0.3 is 19.3 Å². The monoisotopic (exact) mass is 384 g/mol. The molecule has 0 unspecified atom stereocenters. The number of aromatic hydroxyl groups is 1. The normalized spacial score (nSPS) is 18.6. The zero-order valence-electron chi connectivity index (χ0n) is 16.7. The second kappa shape index (κ2) is 8.99. The summed E-state index contributed by atoms with van der Waals surface area (Å²) in [6.07, 6.45) is 12.7. The van der Waals surface area contributed by atoms with E-state index in [2.05, 4.69) is 4.57 Å². The average Bonchev–Trinajstić information content (AvgIpc) is 3.10. The predicted molar refractivity (Wildman–Crippen MR) is 111 cm³/mol. The van der Waals surface area contributed by atoms with Crippen LogP contribution in [0.3, 0.4) is 0 Å². The lowest BCUT2D eigenvalue weighted by molar-refractivity contribution is 0.0304. The molecule has 0 atom stereocenters. The van der Waals surface area contributed by atoms with E-state index in [0.717, 1.165) is 35.3 Å². The van der Waals surface area contributed by atoms with Gasteiger partial charge in [0.25, 0.3) is 5.91 Å². The molecule has 1 amide bonds. The van der Waals surface area contributed by atoms with E-state index in [-0.39, 0.29) is 11.7 Å². The molecule has 1 aliphatic heterocycles. The number of fused-ring (bicyclic) bond motifs is 1. The van der Waals surface area contributed by atoms with Gasteiger partial charge in [-0.2, -0.15) is 0 Å². The van der Waals surface area contributed by atoms with E-state index in [9.17, 15) is 9.90 Å². The number of morpholine rings is 1. The Morgan fingerprint density at radius 1 is 1.11 bits per heavy atom. The standard InChI is InChI=1S/C23H32N2O3/c26-19-9-10-20-21(23(27)24-12-14-28-15-13-24)17-25(22(20)16-19)11-5-4-8-18-6-2-1-3-7-18/h9-10,16-18,26H,1-8,11-15H2. The molecule has 0 bridgehead atoms. The molecule has 28 heavy (non-hydrogen) atoms. The molecule has 0 radical (unpaired) electrons. The Balaban J connectivity index is 1.46. The molecule has 1 aromatic heterocycles. The summed E-state index contributed by atoms with van der Waals surface area (Å²) < 4.78 is 7.53. The van der Waals surface area contributed by atoms with E-state index in [0.29, 0.717) is 26.3 Å². The molecule has 2 fully saturated rings. The predicted octanol–water partition coefficient (Wildman–Crippen LogP) is 4.57. The van der Waals surface area contributed by atoms with Crippen LogP contribution in [0.2, 0.25) is 0 Å². The van der Waals surface area contributed by atoms with Gasteiger partial charge in [-0.15, -0.1) is 0 Å². The van der Waals surface area contributed by atoms with Gasteiger partial charge in [-0.05, 0) is 24.5 Å². The van der Waals surface area contributed by atoms with Crippen molar-refractivity contribution in [1.82, 2.24) is 9.47 Å². The summed E-state index contributed by atoms with van der Waals surface area (Å²) in [6.45, 7) is 3.39. The molecule has 5 nitrogen and oxygen atoms in total. The molecule has 1 aliphatic carbocycles. The molecule has 1 saturated carbocycles. The van der Waals surface area contributed by atoms with Crippen molar-refractivity contribution in [2.24, 2.45) is 5.92 Å². The summed E-state index contributed by atoms with van der Waals surface area (Å²) in [5, 5.41) is 10.9. The number of phenols is 1. The maximum absolute atomic E-state index is 13.0. The highest BCUT2D eigenvalue weighted by Crippen LogP contribution is 2.29. The van der Waals surface area contributed by atoms with E-state index in [1.807, 2.05) is 17.2 Å². The van der Waals surface area contributed by atoms with Gasteiger partial charge in [0.1, 0.15) is 5.75 Å². The van der Waals surface area contributed by atoms with Crippen molar-refractivity contribution < 1.29 is 14.6 Å². The lowest BCUT2D eigenvalue weighted by Crippen LogP contribution is -2.40. The van der Waals surface area contributed by atoms with Crippen molar-refractivity contribution in [3.05, 3.63) is 30.0 Å². The highest BCUT2D eigenvalue weighted by molar-refractivity contribution is 6.07. The number of benzene rings is 1. The number of carbonyl (C=O) groups is 1. The summed E-state index contributed by atoms with van der Waals surface area (Å²) in [7, 11) is 0. The van der Waals surface area contributed by atoms with Crippen LogP contribution < -0.4 is 0 Å². The first-order chi connectivity index (χ1) is 13.7. The molecular formula is C23H32N2O3. The second-order valence-electron chi connectivity index (χ2n) is 8.34. The highest BCUT2D eigenvalue weighted by Gasteiger charge is 2.23. The summed E-state index contributed by atoms with van der Waals surface area (Å²) in [6, 6.07) is 5.33. The van der Waals surface area contributed by atoms with Gasteiger partial charge in [0, 0.05) is 37.3 Å². The number of unbranched alkanes of at least 4 members (excludes halogenated alkanes) is 1. The molecule has 152 valence electrons. The molecule has 1 N–H and O–H groups in total. The average molecular weight is 385 g/mol. The third-order valence-corrected chi connectivity index (χ3v) is 6.38. The van der Waals surface area contributed by atoms with Crippen LogP contribution in [0, 0.1) is 5.92 Å². The number of nitrogens with zero attached hydrogens (tertiary/aromatic N) is 2. The van der Waals surface area contributed by atoms with E-state index < -0.39 is 0 Å². The first-order valence-electron chi connectivity index (χ1n) is 10.9. The minimum atomic E-state index is 0.0694. The van der Waals surface area contributed by atoms with E-state index >= 15 is 0 Å². The van der Waals surface area contributed by atoms with Crippen molar-refractivity contribution >= 4 is 16.8 Å². The first kappa shape index (κ1) is 19.3. The fourth-order valence-corrected chi connectivity index (χ4v) is 4.76. The second-order valence-corrected chi connectivity index (χ2v) is 8.34. The quantitative estimate of drug-likeness (QED) is 0.742. The molecule has 2 aliphatic rings. The van der Waals surface area contributed by atoms with E-state index in [1.165, 1.54) is 44.9 Å². The van der Waals surface area contributed by atoms with Crippen LogP contribution in [-0.2, 0) is 11.3 Å². The fourth-order valence-electron chi connectivity index (χ4n) is 4.76. The van der Waals surface area contributed by atoms with Gasteiger partial charge in [-0.1, -0.05) is 44.9 Å². The molecule has 0 spiro atoms. The smallest absolute Gasteiger partial charge is 0.256 e. The minimum absolute atomic E-state index is 0.0694. The molecule has 4 rings (SSSR count). The van der Waals surface area contributed by atoms with Crippen LogP contribution in [0.25, 0.3) is 10.9 Å². The maximum Gasteiger partial charge on any atom is 0.256 e. The van der Waals surface area contributed by atoms with Gasteiger partial charge in [0.15, 0.2) is 0 Å². The molecule has 2 heterocycles. The molecular weight excluding hydrogens is 352 g/mol. The van der Waals surface area contributed by atoms with Gasteiger partial charge in [-0.25, -0.2) is 0 Å². The number of phenolic OH excluding ortho intramolecular Hbond substituents is 1. The summed E-state index contributed by atoms with van der Waals surface area (Å²) >= 11 is 0. The number of ether oxygens (including phenoxy) is 1. The zero-order valence-corrected chi connectivity index (χ0v) is 16.7. The Labute approximate surface area is 167 Å². The highest BCUT2D eigenvalue weighted by atomic mass is 16.5. The SMILES string of the molecule is O=C(c1cn(CCCCC2CCCCC2)c2cc(O)ccc12)N1CCOCC1. The van der Waals surface area contributed by atoms with Crippen molar-refractivity contribution in [3.8, 4) is 5.75 Å². The summed E-state index contributed by atoms with van der Waals surface area (Å²) in [5.74, 6) is 1.23. The van der Waals surface area contributed by atoms with Crippen LogP contribution in [0.5, 0.6) is 5.75 Å². The van der Waals surface area contributed by atoms with Crippen LogP contribution >= 0.6 is 0 Å². The zero-order chi connectivity index (χ0) is 19.3. The van der Waals surface area contributed by atoms with Crippen molar-refractivity contribution in [2.75, 3.05) is 26.3 Å². The van der Waals surface area contributed by atoms with Gasteiger partial charge in [-0.3, -0.25) is 4.79 Å². The Morgan fingerprint density at radius 3 is 2.68 bits per heavy atom. The minimum Gasteiger partial charge on any atom is -0.508 e. The number of rotatable bonds is 6. The summed E-state index contributed by atoms with van der Waals surface area (Å²) in [5.41, 5.74) is 1.69. The molecule has 1 saturated heterocycles. The Bertz CT molecular complexity index is 802. The Kier molecular flexibility index (Phi) is 6.20. The Hall–Kier alpha value is -2.01. The van der Waals surface area contributed by atoms with E-state index in [4.69, 9.17) is 4.74 Å². The van der Waals surface area contributed by atoms with E-state index in [1.54, 1.807) is 12.1 Å². The third-order valence-electron chi connectivity index (χ3n) is 6.38. The van der Waals surface area contributed by atoms with Crippen LogP contribution in [0.15, 0.2) is 24.4 Å². The largest absolute Gasteiger partial charge is 0.508 e. The molecule has 2 aromatic rings. The van der Waals surface area contributed by atoms with Crippen molar-refractivity contribution in [3.63, 3.8) is 0 Å². The van der Waals surface area contributed by atoms with Gasteiger partial charge in [0.05, 0.1) is 24.3 Å².